The molecule has 21 heavy (non-hydrogen) atoms. The molecule has 2 bridgehead atoms. The van der Waals surface area contributed by atoms with Gasteiger partial charge in [-0.05, 0) is 55.2 Å². The number of aryl methyl sites for hydroxylation is 1. The molecule has 0 saturated heterocycles. The fourth-order valence-corrected chi connectivity index (χ4v) is 4.24. The normalized spacial score (nSPS) is 29.7. The van der Waals surface area contributed by atoms with Crippen molar-refractivity contribution in [1.82, 2.24) is 0 Å². The molecule has 2 atom stereocenters. The van der Waals surface area contributed by atoms with Crippen LogP contribution in [0.2, 0.25) is 5.02 Å². The van der Waals surface area contributed by atoms with Crippen LogP contribution in [-0.4, -0.2) is 5.91 Å². The molecule has 2 unspecified atom stereocenters. The highest BCUT2D eigenvalue weighted by Gasteiger charge is 2.60. The minimum atomic E-state index is -0.383. The molecule has 0 heterocycles. The molecule has 0 radical (unpaired) electrons. The van der Waals surface area contributed by atoms with Gasteiger partial charge < -0.3 is 5.32 Å². The Labute approximate surface area is 131 Å². The van der Waals surface area contributed by atoms with Gasteiger partial charge in [0, 0.05) is 10.7 Å². The van der Waals surface area contributed by atoms with Gasteiger partial charge in [-0.25, -0.2) is 0 Å². The Balaban J connectivity index is 1.86. The molecule has 2 nitrogen and oxygen atoms in total. The third-order valence-corrected chi connectivity index (χ3v) is 6.16. The summed E-state index contributed by atoms with van der Waals surface area (Å²) < 4.78 is 0. The van der Waals surface area contributed by atoms with Crippen LogP contribution in [0.25, 0.3) is 0 Å². The van der Waals surface area contributed by atoms with Crippen LogP contribution in [0.1, 0.15) is 38.7 Å². The van der Waals surface area contributed by atoms with Gasteiger partial charge in [0.1, 0.15) is 0 Å². The topological polar surface area (TPSA) is 29.1 Å². The molecule has 2 aliphatic rings. The van der Waals surface area contributed by atoms with Gasteiger partial charge in [-0.1, -0.05) is 43.7 Å². The van der Waals surface area contributed by atoms with Crippen LogP contribution in [0.4, 0.5) is 5.69 Å². The van der Waals surface area contributed by atoms with Crippen molar-refractivity contribution in [2.75, 3.05) is 5.32 Å². The second-order valence-corrected chi connectivity index (χ2v) is 7.55. The summed E-state index contributed by atoms with van der Waals surface area (Å²) in [6, 6.07) is 5.66. The molecule has 3 heteroatoms. The molecule has 0 aromatic heterocycles. The van der Waals surface area contributed by atoms with Crippen molar-refractivity contribution >= 4 is 23.2 Å². The molecule has 1 aromatic carbocycles. The molecule has 0 aliphatic heterocycles. The first kappa shape index (κ1) is 14.6. The summed E-state index contributed by atoms with van der Waals surface area (Å²) in [5.41, 5.74) is 2.57. The van der Waals surface area contributed by atoms with Crippen molar-refractivity contribution in [3.63, 3.8) is 0 Å². The van der Waals surface area contributed by atoms with Crippen molar-refractivity contribution in [3.05, 3.63) is 40.9 Å². The van der Waals surface area contributed by atoms with E-state index in [1.54, 1.807) is 0 Å². The summed E-state index contributed by atoms with van der Waals surface area (Å²) >= 11 is 6.14. The van der Waals surface area contributed by atoms with Gasteiger partial charge in [0.2, 0.25) is 5.91 Å². The van der Waals surface area contributed by atoms with Gasteiger partial charge in [0.05, 0.1) is 5.41 Å². The highest BCUT2D eigenvalue weighted by atomic mass is 35.5. The molecule has 2 aliphatic carbocycles. The van der Waals surface area contributed by atoms with Gasteiger partial charge in [-0.15, -0.1) is 0 Å². The lowest BCUT2D eigenvalue weighted by Crippen LogP contribution is -2.37. The molecular weight excluding hydrogens is 282 g/mol. The number of hydrogen-bond acceptors (Lipinski definition) is 1. The summed E-state index contributed by atoms with van der Waals surface area (Å²) in [6.07, 6.45) is 2.98. The predicted molar refractivity (Wildman–Crippen MR) is 87.5 cm³/mol. The largest absolute Gasteiger partial charge is 0.325 e. The van der Waals surface area contributed by atoms with Crippen molar-refractivity contribution in [2.45, 2.75) is 40.0 Å². The van der Waals surface area contributed by atoms with E-state index >= 15 is 0 Å². The van der Waals surface area contributed by atoms with Gasteiger partial charge in [0.25, 0.3) is 0 Å². The van der Waals surface area contributed by atoms with E-state index < -0.39 is 0 Å². The van der Waals surface area contributed by atoms with Gasteiger partial charge in [-0.3, -0.25) is 4.79 Å². The number of benzene rings is 1. The minimum absolute atomic E-state index is 0.0700. The Bertz CT molecular complexity index is 634. The highest BCUT2D eigenvalue weighted by Crippen LogP contribution is 2.65. The van der Waals surface area contributed by atoms with Crippen LogP contribution in [-0.2, 0) is 4.79 Å². The SMILES string of the molecule is C=C1C2(C(=O)Nc3ccc(C)c(Cl)c3)CCC(C2)C1(C)C. The molecular formula is C18H22ClNO. The zero-order valence-electron chi connectivity index (χ0n) is 12.9. The first-order chi connectivity index (χ1) is 9.77. The molecule has 1 aromatic rings. The van der Waals surface area contributed by atoms with Crippen LogP contribution in [0, 0.1) is 23.7 Å². The summed E-state index contributed by atoms with van der Waals surface area (Å²) in [6.45, 7) is 10.7. The van der Waals surface area contributed by atoms with E-state index in [0.717, 1.165) is 36.1 Å². The van der Waals surface area contributed by atoms with Crippen molar-refractivity contribution < 1.29 is 4.79 Å². The van der Waals surface area contributed by atoms with Gasteiger partial charge >= 0.3 is 0 Å². The standard InChI is InChI=1S/C18H22ClNO/c1-11-5-6-14(9-15(11)19)20-16(21)18-8-7-13(10-18)17(3,4)12(18)2/h5-6,9,13H,2,7-8,10H2,1,3-4H3,(H,20,21). The number of nitrogens with one attached hydrogen (secondary N) is 1. The van der Waals surface area contributed by atoms with E-state index in [1.165, 1.54) is 0 Å². The van der Waals surface area contributed by atoms with E-state index in [0.29, 0.717) is 10.9 Å². The fourth-order valence-electron chi connectivity index (χ4n) is 4.06. The van der Waals surface area contributed by atoms with Crippen LogP contribution in [0.15, 0.2) is 30.4 Å². The number of halogens is 1. The second kappa shape index (κ2) is 4.61. The minimum Gasteiger partial charge on any atom is -0.325 e. The van der Waals surface area contributed by atoms with Crippen LogP contribution in [0.3, 0.4) is 0 Å². The quantitative estimate of drug-likeness (QED) is 0.768. The zero-order valence-corrected chi connectivity index (χ0v) is 13.7. The maximum absolute atomic E-state index is 12.9. The first-order valence-corrected chi connectivity index (χ1v) is 7.92. The number of rotatable bonds is 2. The number of carbonyl (C=O) groups is 1. The molecule has 3 rings (SSSR count). The van der Waals surface area contributed by atoms with Gasteiger partial charge in [0.15, 0.2) is 0 Å². The van der Waals surface area contributed by atoms with E-state index in [4.69, 9.17) is 11.6 Å². The molecule has 0 spiro atoms. The highest BCUT2D eigenvalue weighted by molar-refractivity contribution is 6.31. The Kier molecular flexibility index (Phi) is 3.21. The Morgan fingerprint density at radius 3 is 2.71 bits per heavy atom. The van der Waals surface area contributed by atoms with E-state index in [9.17, 15) is 4.79 Å². The maximum atomic E-state index is 12.9. The average Bonchev–Trinajstić information content (AvgIpc) is 2.95. The molecule has 2 fully saturated rings. The smallest absolute Gasteiger partial charge is 0.234 e. The third kappa shape index (κ3) is 2.03. The summed E-state index contributed by atoms with van der Waals surface area (Å²) in [4.78, 5) is 12.9. The molecule has 112 valence electrons. The second-order valence-electron chi connectivity index (χ2n) is 7.14. The molecule has 1 amide bonds. The van der Waals surface area contributed by atoms with Crippen LogP contribution >= 0.6 is 11.6 Å². The number of hydrogen-bond donors (Lipinski definition) is 1. The fraction of sp³-hybridized carbons (Fsp3) is 0.500. The number of carbonyl (C=O) groups excluding carboxylic acids is 1. The van der Waals surface area contributed by atoms with Crippen LogP contribution in [0.5, 0.6) is 0 Å². The van der Waals surface area contributed by atoms with Crippen molar-refractivity contribution in [1.29, 1.82) is 0 Å². The van der Waals surface area contributed by atoms with E-state index in [-0.39, 0.29) is 16.7 Å². The van der Waals surface area contributed by atoms with Crippen molar-refractivity contribution in [3.8, 4) is 0 Å². The Hall–Kier alpha value is -1.28. The van der Waals surface area contributed by atoms with Crippen molar-refractivity contribution in [2.24, 2.45) is 16.7 Å². The zero-order chi connectivity index (χ0) is 15.4. The Morgan fingerprint density at radius 1 is 1.43 bits per heavy atom. The number of fused-ring (bicyclic) bond motifs is 2. The monoisotopic (exact) mass is 303 g/mol. The lowest BCUT2D eigenvalue weighted by atomic mass is 9.68. The number of amides is 1. The Morgan fingerprint density at radius 2 is 2.14 bits per heavy atom. The third-order valence-electron chi connectivity index (χ3n) is 5.75. The molecule has 1 N–H and O–H groups in total. The number of anilines is 1. The maximum Gasteiger partial charge on any atom is 0.234 e. The lowest BCUT2D eigenvalue weighted by Gasteiger charge is -2.37. The predicted octanol–water partition coefficient (Wildman–Crippen LogP) is 4.97. The van der Waals surface area contributed by atoms with E-state index in [1.807, 2.05) is 25.1 Å². The lowest BCUT2D eigenvalue weighted by molar-refractivity contribution is -0.123. The first-order valence-electron chi connectivity index (χ1n) is 7.55. The average molecular weight is 304 g/mol. The van der Waals surface area contributed by atoms with Crippen LogP contribution < -0.4 is 5.32 Å². The van der Waals surface area contributed by atoms with Gasteiger partial charge in [-0.2, -0.15) is 0 Å². The molecule has 2 saturated carbocycles. The van der Waals surface area contributed by atoms with E-state index in [2.05, 4.69) is 25.7 Å². The summed E-state index contributed by atoms with van der Waals surface area (Å²) in [7, 11) is 0. The summed E-state index contributed by atoms with van der Waals surface area (Å²) in [5, 5.41) is 3.74. The summed E-state index contributed by atoms with van der Waals surface area (Å²) in [5.74, 6) is 0.665.